The Labute approximate surface area is 124 Å². The molecule has 108 valence electrons. The highest BCUT2D eigenvalue weighted by atomic mass is 32.1. The molecule has 3 heteroatoms. The molecule has 0 saturated carbocycles. The van der Waals surface area contributed by atoms with Gasteiger partial charge < -0.3 is 5.32 Å². The molecule has 1 atom stereocenters. The Kier molecular flexibility index (Phi) is 5.74. The fourth-order valence-electron chi connectivity index (χ4n) is 2.31. The van der Waals surface area contributed by atoms with Gasteiger partial charge in [0.15, 0.2) is 0 Å². The van der Waals surface area contributed by atoms with Crippen LogP contribution in [0.15, 0.2) is 41.8 Å². The number of hydrogen-bond acceptors (Lipinski definition) is 2. The van der Waals surface area contributed by atoms with Gasteiger partial charge in [-0.3, -0.25) is 0 Å². The molecule has 0 aliphatic rings. The largest absolute Gasteiger partial charge is 0.314 e. The quantitative estimate of drug-likeness (QED) is 0.802. The molecule has 0 aliphatic heterocycles. The van der Waals surface area contributed by atoms with Crippen LogP contribution in [0.3, 0.4) is 0 Å². The summed E-state index contributed by atoms with van der Waals surface area (Å²) >= 11 is 1.78. The Hall–Kier alpha value is -1.19. The van der Waals surface area contributed by atoms with Crippen LogP contribution >= 0.6 is 11.3 Å². The van der Waals surface area contributed by atoms with Crippen LogP contribution < -0.4 is 5.32 Å². The summed E-state index contributed by atoms with van der Waals surface area (Å²) in [5, 5.41) is 5.58. The lowest BCUT2D eigenvalue weighted by Gasteiger charge is -2.19. The number of benzene rings is 1. The highest BCUT2D eigenvalue weighted by Crippen LogP contribution is 2.19. The molecule has 0 aliphatic carbocycles. The third-order valence-electron chi connectivity index (χ3n) is 3.35. The van der Waals surface area contributed by atoms with Crippen molar-refractivity contribution in [2.45, 2.75) is 32.7 Å². The Balaban J connectivity index is 2.03. The molecule has 1 aromatic heterocycles. The van der Waals surface area contributed by atoms with E-state index in [1.807, 2.05) is 12.1 Å². The summed E-state index contributed by atoms with van der Waals surface area (Å²) < 4.78 is 13.8. The van der Waals surface area contributed by atoms with Crippen molar-refractivity contribution < 1.29 is 4.39 Å². The fraction of sp³-hybridized carbons (Fsp3) is 0.412. The van der Waals surface area contributed by atoms with E-state index in [9.17, 15) is 4.39 Å². The van der Waals surface area contributed by atoms with Crippen LogP contribution in [0.2, 0.25) is 0 Å². The number of hydrogen-bond donors (Lipinski definition) is 1. The third kappa shape index (κ3) is 4.73. The lowest BCUT2D eigenvalue weighted by atomic mass is 9.95. The zero-order valence-electron chi connectivity index (χ0n) is 12.1. The summed E-state index contributed by atoms with van der Waals surface area (Å²) in [5.74, 6) is 0.334. The summed E-state index contributed by atoms with van der Waals surface area (Å²) in [5.41, 5.74) is 0.819. The molecule has 0 spiro atoms. The van der Waals surface area contributed by atoms with Crippen LogP contribution in [0.5, 0.6) is 0 Å². The summed E-state index contributed by atoms with van der Waals surface area (Å²) in [7, 11) is 0. The predicted octanol–water partition coefficient (Wildman–Crippen LogP) is 4.29. The van der Waals surface area contributed by atoms with Gasteiger partial charge in [-0.1, -0.05) is 38.1 Å². The first kappa shape index (κ1) is 15.2. The Bertz CT molecular complexity index is 507. The van der Waals surface area contributed by atoms with E-state index in [1.54, 1.807) is 23.5 Å². The van der Waals surface area contributed by atoms with Gasteiger partial charge in [0.25, 0.3) is 0 Å². The van der Waals surface area contributed by atoms with Crippen molar-refractivity contribution in [1.29, 1.82) is 0 Å². The van der Waals surface area contributed by atoms with E-state index in [0.29, 0.717) is 12.0 Å². The first-order valence-corrected chi connectivity index (χ1v) is 8.02. The molecule has 0 bridgehead atoms. The van der Waals surface area contributed by atoms with Crippen molar-refractivity contribution in [3.05, 3.63) is 58.0 Å². The Morgan fingerprint density at radius 2 is 1.90 bits per heavy atom. The zero-order valence-corrected chi connectivity index (χ0v) is 12.9. The monoisotopic (exact) mass is 291 g/mol. The molecule has 1 heterocycles. The highest BCUT2D eigenvalue weighted by molar-refractivity contribution is 7.09. The van der Waals surface area contributed by atoms with Crippen molar-refractivity contribution in [3.8, 4) is 0 Å². The molecule has 0 fully saturated rings. The van der Waals surface area contributed by atoms with E-state index in [0.717, 1.165) is 24.9 Å². The number of nitrogens with one attached hydrogen (secondary N) is 1. The van der Waals surface area contributed by atoms with Crippen LogP contribution in [0.1, 0.15) is 24.3 Å². The molecule has 1 aromatic carbocycles. The lowest BCUT2D eigenvalue weighted by molar-refractivity contribution is 0.439. The second-order valence-corrected chi connectivity index (χ2v) is 6.54. The lowest BCUT2D eigenvalue weighted by Crippen LogP contribution is -2.31. The van der Waals surface area contributed by atoms with Crippen molar-refractivity contribution in [2.75, 3.05) is 6.54 Å². The van der Waals surface area contributed by atoms with Gasteiger partial charge in [-0.05, 0) is 48.4 Å². The SMILES string of the molecule is CC(C)NCC(Cc1cccs1)Cc1ccccc1F. The maximum Gasteiger partial charge on any atom is 0.126 e. The number of thiophene rings is 1. The van der Waals surface area contributed by atoms with E-state index in [1.165, 1.54) is 4.88 Å². The summed E-state index contributed by atoms with van der Waals surface area (Å²) in [6, 6.07) is 11.8. The molecule has 1 N–H and O–H groups in total. The molecule has 2 rings (SSSR count). The van der Waals surface area contributed by atoms with E-state index in [2.05, 4.69) is 36.7 Å². The first-order chi connectivity index (χ1) is 9.65. The molecular weight excluding hydrogens is 269 g/mol. The van der Waals surface area contributed by atoms with E-state index < -0.39 is 0 Å². The minimum absolute atomic E-state index is 0.0896. The smallest absolute Gasteiger partial charge is 0.126 e. The fourth-order valence-corrected chi connectivity index (χ4v) is 3.13. The van der Waals surface area contributed by atoms with Gasteiger partial charge in [0.1, 0.15) is 5.82 Å². The second kappa shape index (κ2) is 7.55. The minimum atomic E-state index is -0.0896. The van der Waals surface area contributed by atoms with Gasteiger partial charge >= 0.3 is 0 Å². The van der Waals surface area contributed by atoms with Crippen molar-refractivity contribution in [1.82, 2.24) is 5.32 Å². The summed E-state index contributed by atoms with van der Waals surface area (Å²) in [6.07, 6.45) is 1.79. The van der Waals surface area contributed by atoms with Gasteiger partial charge in [-0.15, -0.1) is 11.3 Å². The molecule has 0 radical (unpaired) electrons. The standard InChI is InChI=1S/C17H22FNS/c1-13(2)19-12-14(11-16-7-5-9-20-16)10-15-6-3-4-8-17(15)18/h3-9,13-14,19H,10-12H2,1-2H3. The first-order valence-electron chi connectivity index (χ1n) is 7.14. The molecule has 0 saturated heterocycles. The highest BCUT2D eigenvalue weighted by Gasteiger charge is 2.14. The van der Waals surface area contributed by atoms with Crippen molar-refractivity contribution in [3.63, 3.8) is 0 Å². The molecule has 2 aromatic rings. The number of rotatable bonds is 7. The topological polar surface area (TPSA) is 12.0 Å². The Morgan fingerprint density at radius 3 is 2.55 bits per heavy atom. The van der Waals surface area contributed by atoms with Crippen LogP contribution in [0.25, 0.3) is 0 Å². The number of halogens is 1. The average Bonchev–Trinajstić information content (AvgIpc) is 2.91. The second-order valence-electron chi connectivity index (χ2n) is 5.51. The normalized spacial score (nSPS) is 12.8. The summed E-state index contributed by atoms with van der Waals surface area (Å²) in [4.78, 5) is 1.37. The van der Waals surface area contributed by atoms with Gasteiger partial charge in [0, 0.05) is 10.9 Å². The zero-order chi connectivity index (χ0) is 14.4. The molecule has 1 unspecified atom stereocenters. The van der Waals surface area contributed by atoms with Gasteiger partial charge in [-0.25, -0.2) is 4.39 Å². The maximum absolute atomic E-state index is 13.8. The van der Waals surface area contributed by atoms with Gasteiger partial charge in [0.05, 0.1) is 0 Å². The van der Waals surface area contributed by atoms with Gasteiger partial charge in [-0.2, -0.15) is 0 Å². The third-order valence-corrected chi connectivity index (χ3v) is 4.25. The summed E-state index contributed by atoms with van der Waals surface area (Å²) in [6.45, 7) is 5.21. The molecular formula is C17H22FNS. The van der Waals surface area contributed by atoms with Crippen LogP contribution in [0, 0.1) is 11.7 Å². The molecule has 20 heavy (non-hydrogen) atoms. The molecule has 0 amide bonds. The van der Waals surface area contributed by atoms with Crippen LogP contribution in [-0.4, -0.2) is 12.6 Å². The van der Waals surface area contributed by atoms with E-state index >= 15 is 0 Å². The minimum Gasteiger partial charge on any atom is -0.314 e. The van der Waals surface area contributed by atoms with E-state index in [-0.39, 0.29) is 5.82 Å². The van der Waals surface area contributed by atoms with Crippen LogP contribution in [0.4, 0.5) is 4.39 Å². The Morgan fingerprint density at radius 1 is 1.10 bits per heavy atom. The van der Waals surface area contributed by atoms with Crippen LogP contribution in [-0.2, 0) is 12.8 Å². The maximum atomic E-state index is 13.8. The van der Waals surface area contributed by atoms with E-state index in [4.69, 9.17) is 0 Å². The van der Waals surface area contributed by atoms with Crippen molar-refractivity contribution >= 4 is 11.3 Å². The van der Waals surface area contributed by atoms with Crippen molar-refractivity contribution in [2.24, 2.45) is 5.92 Å². The van der Waals surface area contributed by atoms with Gasteiger partial charge in [0.2, 0.25) is 0 Å². The average molecular weight is 291 g/mol. The predicted molar refractivity (Wildman–Crippen MR) is 84.8 cm³/mol. The molecule has 1 nitrogen and oxygen atoms in total.